The lowest BCUT2D eigenvalue weighted by atomic mass is 10.1. The molecule has 0 amide bonds. The second-order valence-corrected chi connectivity index (χ2v) is 8.09. The smallest absolute Gasteiger partial charge is 0.349 e. The van der Waals surface area contributed by atoms with E-state index in [1.165, 1.54) is 46.5 Å². The number of esters is 1. The molecule has 1 aliphatic rings. The van der Waals surface area contributed by atoms with Crippen molar-refractivity contribution in [1.29, 1.82) is 0 Å². The highest BCUT2D eigenvalue weighted by Crippen LogP contribution is 2.43. The van der Waals surface area contributed by atoms with E-state index in [4.69, 9.17) is 23.7 Å². The zero-order valence-electron chi connectivity index (χ0n) is 21.2. The average molecular weight is 566 g/mol. The van der Waals surface area contributed by atoms with Crippen LogP contribution in [0.25, 0.3) is 6.08 Å². The minimum Gasteiger partial charge on any atom is -0.493 e. The summed E-state index contributed by atoms with van der Waals surface area (Å²) in [6.07, 6.45) is 1.42. The summed E-state index contributed by atoms with van der Waals surface area (Å²) in [5.74, 6) is -13.8. The molecule has 0 aromatic heterocycles. The SMILES string of the molecule is COc1ccc(/C=C2\Oc3c(ccc(OC(=O)COc4c(F)c(F)c(F)c(F)c4F)c3C)C2=O)c(OC)c1OC. The van der Waals surface area contributed by atoms with E-state index in [0.29, 0.717) is 17.1 Å². The van der Waals surface area contributed by atoms with Crippen molar-refractivity contribution in [2.75, 3.05) is 27.9 Å². The first-order valence-electron chi connectivity index (χ1n) is 11.3. The Kier molecular flexibility index (Phi) is 7.84. The highest BCUT2D eigenvalue weighted by atomic mass is 19.2. The van der Waals surface area contributed by atoms with Gasteiger partial charge in [-0.3, -0.25) is 4.79 Å². The maximum absolute atomic E-state index is 13.8. The molecule has 210 valence electrons. The van der Waals surface area contributed by atoms with Crippen LogP contribution in [0.4, 0.5) is 22.0 Å². The van der Waals surface area contributed by atoms with Crippen molar-refractivity contribution < 1.29 is 60.0 Å². The maximum atomic E-state index is 13.8. The van der Waals surface area contributed by atoms with Crippen LogP contribution in [0.1, 0.15) is 21.5 Å². The third-order valence-electron chi connectivity index (χ3n) is 5.79. The molecule has 40 heavy (non-hydrogen) atoms. The molecule has 1 heterocycles. The molecule has 0 unspecified atom stereocenters. The molecule has 0 radical (unpaired) electrons. The molecule has 0 saturated carbocycles. The Morgan fingerprint density at radius 1 is 0.800 bits per heavy atom. The number of hydrogen-bond acceptors (Lipinski definition) is 8. The number of rotatable bonds is 8. The molecule has 0 bridgehead atoms. The molecular formula is C27H19F5O8. The van der Waals surface area contributed by atoms with Crippen molar-refractivity contribution in [2.45, 2.75) is 6.92 Å². The van der Waals surface area contributed by atoms with E-state index in [9.17, 15) is 31.5 Å². The normalized spacial score (nSPS) is 13.1. The molecule has 3 aromatic carbocycles. The van der Waals surface area contributed by atoms with Crippen molar-refractivity contribution >= 4 is 17.8 Å². The minimum atomic E-state index is -2.37. The van der Waals surface area contributed by atoms with Gasteiger partial charge < -0.3 is 28.4 Å². The van der Waals surface area contributed by atoms with E-state index in [1.807, 2.05) is 0 Å². The van der Waals surface area contributed by atoms with Crippen LogP contribution in [0.15, 0.2) is 30.0 Å². The van der Waals surface area contributed by atoms with Crippen LogP contribution in [0.2, 0.25) is 0 Å². The van der Waals surface area contributed by atoms with E-state index in [1.54, 1.807) is 12.1 Å². The number of carbonyl (C=O) groups is 2. The van der Waals surface area contributed by atoms with E-state index in [2.05, 4.69) is 4.74 Å². The zero-order valence-corrected chi connectivity index (χ0v) is 21.2. The summed E-state index contributed by atoms with van der Waals surface area (Å²) in [5, 5.41) is 0. The van der Waals surface area contributed by atoms with Crippen LogP contribution < -0.4 is 28.4 Å². The van der Waals surface area contributed by atoms with Crippen LogP contribution in [-0.2, 0) is 4.79 Å². The average Bonchev–Trinajstić information content (AvgIpc) is 3.27. The van der Waals surface area contributed by atoms with Gasteiger partial charge in [-0.2, -0.15) is 8.78 Å². The zero-order chi connectivity index (χ0) is 29.3. The van der Waals surface area contributed by atoms with E-state index in [-0.39, 0.29) is 34.1 Å². The largest absolute Gasteiger partial charge is 0.493 e. The van der Waals surface area contributed by atoms with Crippen LogP contribution in [0, 0.1) is 36.0 Å². The number of Topliss-reactive ketones (excluding diaryl/α,β-unsaturated/α-hetero) is 1. The second kappa shape index (κ2) is 11.1. The molecule has 1 aliphatic heterocycles. The molecule has 0 N–H and O–H groups in total. The summed E-state index contributed by atoms with van der Waals surface area (Å²) in [5.41, 5.74) is 0.796. The van der Waals surface area contributed by atoms with Gasteiger partial charge in [0.1, 0.15) is 11.5 Å². The summed E-state index contributed by atoms with van der Waals surface area (Å²) < 4.78 is 98.8. The maximum Gasteiger partial charge on any atom is 0.349 e. The Hall–Kier alpha value is -4.81. The van der Waals surface area contributed by atoms with E-state index < -0.39 is 53.2 Å². The molecular weight excluding hydrogens is 547 g/mol. The molecule has 8 nitrogen and oxygen atoms in total. The Labute approximate surface area is 223 Å². The lowest BCUT2D eigenvalue weighted by Gasteiger charge is -2.14. The molecule has 0 atom stereocenters. The standard InChI is InChI=1S/C27H19F5O8/c1-11-14(39-17(33)10-38-27-21(31)19(29)18(28)20(30)22(27)32)8-6-13-23(34)16(40-24(11)13)9-12-5-7-15(35-2)26(37-4)25(12)36-3/h5-9H,10H2,1-4H3/b16-9-. The number of carbonyl (C=O) groups excluding carboxylic acids is 2. The first-order chi connectivity index (χ1) is 19.0. The quantitative estimate of drug-likeness (QED) is 0.0905. The molecule has 0 spiro atoms. The predicted octanol–water partition coefficient (Wildman–Crippen LogP) is 5.32. The van der Waals surface area contributed by atoms with E-state index in [0.717, 1.165) is 0 Å². The Morgan fingerprint density at radius 3 is 2.00 bits per heavy atom. The highest BCUT2D eigenvalue weighted by Gasteiger charge is 2.32. The van der Waals surface area contributed by atoms with Gasteiger partial charge in [0.15, 0.2) is 29.6 Å². The number of fused-ring (bicyclic) bond motifs is 1. The highest BCUT2D eigenvalue weighted by molar-refractivity contribution is 6.15. The van der Waals surface area contributed by atoms with Gasteiger partial charge in [-0.1, -0.05) is 0 Å². The van der Waals surface area contributed by atoms with E-state index >= 15 is 0 Å². The van der Waals surface area contributed by atoms with Crippen molar-refractivity contribution in [3.63, 3.8) is 0 Å². The number of hydrogen-bond donors (Lipinski definition) is 0. The first kappa shape index (κ1) is 28.2. The third kappa shape index (κ3) is 4.85. The summed E-state index contributed by atoms with van der Waals surface area (Å²) in [6, 6.07) is 5.82. The van der Waals surface area contributed by atoms with Crippen molar-refractivity contribution in [3.05, 3.63) is 75.8 Å². The molecule has 13 heteroatoms. The Bertz CT molecular complexity index is 1540. The lowest BCUT2D eigenvalue weighted by Crippen LogP contribution is -2.20. The molecule has 3 aromatic rings. The molecule has 4 rings (SSSR count). The van der Waals surface area contributed by atoms with Crippen molar-refractivity contribution in [3.8, 4) is 34.5 Å². The molecule has 0 aliphatic carbocycles. The molecule has 0 saturated heterocycles. The second-order valence-electron chi connectivity index (χ2n) is 8.09. The third-order valence-corrected chi connectivity index (χ3v) is 5.79. The van der Waals surface area contributed by atoms with Gasteiger partial charge in [-0.25, -0.2) is 18.0 Å². The minimum absolute atomic E-state index is 0.0710. The Morgan fingerprint density at radius 2 is 1.40 bits per heavy atom. The summed E-state index contributed by atoms with van der Waals surface area (Å²) >= 11 is 0. The van der Waals surface area contributed by atoms with Gasteiger partial charge in [-0.05, 0) is 37.3 Å². The predicted molar refractivity (Wildman–Crippen MR) is 128 cm³/mol. The number of allylic oxidation sites excluding steroid dienone is 1. The number of halogens is 5. The summed E-state index contributed by atoms with van der Waals surface area (Å²) in [7, 11) is 4.28. The summed E-state index contributed by atoms with van der Waals surface area (Å²) in [4.78, 5) is 25.2. The van der Waals surface area contributed by atoms with Crippen LogP contribution in [0.3, 0.4) is 0 Å². The fourth-order valence-corrected chi connectivity index (χ4v) is 3.85. The first-order valence-corrected chi connectivity index (χ1v) is 11.3. The van der Waals surface area contributed by atoms with Gasteiger partial charge in [0, 0.05) is 11.1 Å². The fourth-order valence-electron chi connectivity index (χ4n) is 3.85. The summed E-state index contributed by atoms with van der Waals surface area (Å²) in [6.45, 7) is 0.276. The van der Waals surface area contributed by atoms with Gasteiger partial charge >= 0.3 is 5.97 Å². The van der Waals surface area contributed by atoms with Crippen LogP contribution in [-0.4, -0.2) is 39.7 Å². The fraction of sp³-hybridized carbons (Fsp3) is 0.185. The monoisotopic (exact) mass is 566 g/mol. The van der Waals surface area contributed by atoms with Gasteiger partial charge in [0.2, 0.25) is 40.6 Å². The van der Waals surface area contributed by atoms with Crippen molar-refractivity contribution in [1.82, 2.24) is 0 Å². The van der Waals surface area contributed by atoms with Gasteiger partial charge in [-0.15, -0.1) is 0 Å². The number of benzene rings is 3. The van der Waals surface area contributed by atoms with Crippen LogP contribution >= 0.6 is 0 Å². The Balaban J connectivity index is 1.55. The van der Waals surface area contributed by atoms with Crippen molar-refractivity contribution in [2.24, 2.45) is 0 Å². The van der Waals surface area contributed by atoms with Gasteiger partial charge in [0.05, 0.1) is 26.9 Å². The number of ketones is 1. The number of methoxy groups -OCH3 is 3. The topological polar surface area (TPSA) is 89.5 Å². The molecule has 0 fully saturated rings. The van der Waals surface area contributed by atoms with Crippen LogP contribution in [0.5, 0.6) is 34.5 Å². The van der Waals surface area contributed by atoms with Gasteiger partial charge in [0.25, 0.3) is 0 Å². The lowest BCUT2D eigenvalue weighted by molar-refractivity contribution is -0.136. The number of ether oxygens (including phenoxy) is 6.